The van der Waals surface area contributed by atoms with Crippen molar-refractivity contribution in [2.45, 2.75) is 44.3 Å². The molecule has 112 valence electrons. The second kappa shape index (κ2) is 6.70. The zero-order chi connectivity index (χ0) is 15.4. The van der Waals surface area contributed by atoms with Gasteiger partial charge in [0, 0.05) is 6.42 Å². The standard InChI is InChI=1S/C14H17N3O4/c1-2-3-4-5-10-9(6-15)16-8-17(10)14-13(20)12(19)11(7-18)21-14/h8,11-14,18-20H,2-3,7H2,1H3/t11-,12-,13-,14?/m1/s1. The number of ether oxygens (including phenoxy) is 1. The molecule has 7 heteroatoms. The van der Waals surface area contributed by atoms with E-state index >= 15 is 0 Å². The largest absolute Gasteiger partial charge is 0.394 e. The molecule has 0 saturated carbocycles. The van der Waals surface area contributed by atoms with E-state index in [4.69, 9.17) is 15.1 Å². The van der Waals surface area contributed by atoms with E-state index in [0.29, 0.717) is 12.1 Å². The van der Waals surface area contributed by atoms with Crippen LogP contribution >= 0.6 is 0 Å². The third kappa shape index (κ3) is 2.92. The molecule has 2 heterocycles. The summed E-state index contributed by atoms with van der Waals surface area (Å²) in [6.45, 7) is 1.58. The van der Waals surface area contributed by atoms with E-state index in [1.54, 1.807) is 0 Å². The van der Waals surface area contributed by atoms with E-state index in [-0.39, 0.29) is 5.69 Å². The fraction of sp³-hybridized carbons (Fsp3) is 0.571. The Morgan fingerprint density at radius 3 is 2.76 bits per heavy atom. The average molecular weight is 291 g/mol. The highest BCUT2D eigenvalue weighted by Crippen LogP contribution is 2.30. The van der Waals surface area contributed by atoms with Gasteiger partial charge in [-0.15, -0.1) is 0 Å². The van der Waals surface area contributed by atoms with Crippen LogP contribution in [-0.4, -0.2) is 49.8 Å². The highest BCUT2D eigenvalue weighted by molar-refractivity contribution is 5.40. The number of hydrogen-bond acceptors (Lipinski definition) is 6. The molecular weight excluding hydrogens is 274 g/mol. The molecule has 0 radical (unpaired) electrons. The second-order valence-electron chi connectivity index (χ2n) is 4.74. The summed E-state index contributed by atoms with van der Waals surface area (Å²) in [6, 6.07) is 1.93. The van der Waals surface area contributed by atoms with Crippen LogP contribution < -0.4 is 0 Å². The summed E-state index contributed by atoms with van der Waals surface area (Å²) in [7, 11) is 0. The molecule has 21 heavy (non-hydrogen) atoms. The number of nitriles is 1. The smallest absolute Gasteiger partial charge is 0.174 e. The predicted octanol–water partition coefficient (Wildman–Crippen LogP) is -0.482. The van der Waals surface area contributed by atoms with E-state index < -0.39 is 31.1 Å². The highest BCUT2D eigenvalue weighted by Gasteiger charge is 2.44. The lowest BCUT2D eigenvalue weighted by atomic mass is 10.1. The first kappa shape index (κ1) is 15.5. The maximum Gasteiger partial charge on any atom is 0.174 e. The number of aliphatic hydroxyl groups is 3. The molecule has 0 spiro atoms. The Kier molecular flexibility index (Phi) is 4.94. The Morgan fingerprint density at radius 2 is 2.19 bits per heavy atom. The summed E-state index contributed by atoms with van der Waals surface area (Å²) in [6.07, 6.45) is -1.34. The molecule has 1 aliphatic rings. The van der Waals surface area contributed by atoms with Gasteiger partial charge in [0.15, 0.2) is 11.9 Å². The molecule has 1 saturated heterocycles. The lowest BCUT2D eigenvalue weighted by Crippen LogP contribution is -2.33. The van der Waals surface area contributed by atoms with E-state index in [0.717, 1.165) is 6.42 Å². The fourth-order valence-corrected chi connectivity index (χ4v) is 2.14. The zero-order valence-electron chi connectivity index (χ0n) is 11.6. The average Bonchev–Trinajstić information content (AvgIpc) is 3.02. The van der Waals surface area contributed by atoms with Crippen molar-refractivity contribution in [1.82, 2.24) is 9.55 Å². The molecule has 0 aliphatic carbocycles. The molecule has 0 bridgehead atoms. The van der Waals surface area contributed by atoms with Gasteiger partial charge in [0.2, 0.25) is 0 Å². The van der Waals surface area contributed by atoms with Gasteiger partial charge in [-0.3, -0.25) is 4.57 Å². The van der Waals surface area contributed by atoms with Gasteiger partial charge in [0.1, 0.15) is 30.1 Å². The molecule has 1 aromatic heterocycles. The maximum absolute atomic E-state index is 10.0. The van der Waals surface area contributed by atoms with Crippen LogP contribution in [-0.2, 0) is 4.74 Å². The minimum Gasteiger partial charge on any atom is -0.394 e. The minimum atomic E-state index is -1.23. The molecule has 2 rings (SSSR count). The van der Waals surface area contributed by atoms with Crippen molar-refractivity contribution >= 4 is 0 Å². The van der Waals surface area contributed by atoms with Crippen LogP contribution in [0.4, 0.5) is 0 Å². The normalized spacial score (nSPS) is 28.0. The van der Waals surface area contributed by atoms with Crippen molar-refractivity contribution in [2.75, 3.05) is 6.61 Å². The number of aliphatic hydroxyl groups excluding tert-OH is 3. The third-order valence-electron chi connectivity index (χ3n) is 3.27. The minimum absolute atomic E-state index is 0.136. The summed E-state index contributed by atoms with van der Waals surface area (Å²) >= 11 is 0. The van der Waals surface area contributed by atoms with Gasteiger partial charge >= 0.3 is 0 Å². The Labute approximate surface area is 122 Å². The Hall–Kier alpha value is -1.90. The van der Waals surface area contributed by atoms with Crippen LogP contribution in [0.1, 0.15) is 37.4 Å². The zero-order valence-corrected chi connectivity index (χ0v) is 11.6. The molecule has 1 aromatic rings. The summed E-state index contributed by atoms with van der Waals surface area (Å²) in [5.41, 5.74) is 0.470. The van der Waals surface area contributed by atoms with Crippen LogP contribution in [0.3, 0.4) is 0 Å². The Balaban J connectivity index is 2.35. The van der Waals surface area contributed by atoms with Crippen molar-refractivity contribution in [3.8, 4) is 17.9 Å². The SMILES string of the molecule is CCCC#Cc1c(C#N)ncn1C1O[C@H](CO)[C@@H](O)[C@H]1O. The maximum atomic E-state index is 10.0. The molecule has 1 fully saturated rings. The van der Waals surface area contributed by atoms with Crippen molar-refractivity contribution in [1.29, 1.82) is 5.26 Å². The number of unbranched alkanes of at least 4 members (excludes halogenated alkanes) is 1. The first-order valence-corrected chi connectivity index (χ1v) is 6.72. The number of imidazole rings is 1. The molecule has 1 aliphatic heterocycles. The van der Waals surface area contributed by atoms with Gasteiger partial charge in [-0.05, 0) is 12.3 Å². The monoisotopic (exact) mass is 291 g/mol. The first-order chi connectivity index (χ1) is 10.1. The summed E-state index contributed by atoms with van der Waals surface area (Å²) in [5.74, 6) is 5.77. The fourth-order valence-electron chi connectivity index (χ4n) is 2.14. The number of hydrogen-bond donors (Lipinski definition) is 3. The van der Waals surface area contributed by atoms with Gasteiger partial charge in [-0.25, -0.2) is 4.98 Å². The molecule has 1 unspecified atom stereocenters. The molecule has 4 atom stereocenters. The summed E-state index contributed by atoms with van der Waals surface area (Å²) < 4.78 is 6.84. The van der Waals surface area contributed by atoms with Crippen LogP contribution in [0.2, 0.25) is 0 Å². The molecule has 3 N–H and O–H groups in total. The topological polar surface area (TPSA) is 112 Å². The van der Waals surface area contributed by atoms with Crippen molar-refractivity contribution in [2.24, 2.45) is 0 Å². The lowest BCUT2D eigenvalue weighted by Gasteiger charge is -2.17. The molecular formula is C14H17N3O4. The van der Waals surface area contributed by atoms with Gasteiger partial charge < -0.3 is 20.1 Å². The van der Waals surface area contributed by atoms with Crippen molar-refractivity contribution in [3.63, 3.8) is 0 Å². The van der Waals surface area contributed by atoms with Crippen LogP contribution in [0.5, 0.6) is 0 Å². The van der Waals surface area contributed by atoms with Crippen LogP contribution in [0.15, 0.2) is 6.33 Å². The summed E-state index contributed by atoms with van der Waals surface area (Å²) in [5, 5.41) is 38.0. The quantitative estimate of drug-likeness (QED) is 0.648. The summed E-state index contributed by atoms with van der Waals surface area (Å²) in [4.78, 5) is 3.93. The molecule has 7 nitrogen and oxygen atoms in total. The van der Waals surface area contributed by atoms with Gasteiger partial charge in [0.25, 0.3) is 0 Å². The molecule has 0 aromatic carbocycles. The van der Waals surface area contributed by atoms with Crippen LogP contribution in [0.25, 0.3) is 0 Å². The van der Waals surface area contributed by atoms with Crippen LogP contribution in [0, 0.1) is 23.2 Å². The number of aromatic nitrogens is 2. The van der Waals surface area contributed by atoms with E-state index in [2.05, 4.69) is 16.8 Å². The van der Waals surface area contributed by atoms with Gasteiger partial charge in [0.05, 0.1) is 12.9 Å². The third-order valence-corrected chi connectivity index (χ3v) is 3.27. The second-order valence-corrected chi connectivity index (χ2v) is 4.74. The highest BCUT2D eigenvalue weighted by atomic mass is 16.6. The number of nitrogens with zero attached hydrogens (tertiary/aromatic N) is 3. The lowest BCUT2D eigenvalue weighted by molar-refractivity contribution is -0.0531. The first-order valence-electron chi connectivity index (χ1n) is 6.72. The predicted molar refractivity (Wildman–Crippen MR) is 71.7 cm³/mol. The Bertz CT molecular complexity index is 596. The number of rotatable bonds is 3. The molecule has 0 amide bonds. The van der Waals surface area contributed by atoms with Crippen molar-refractivity contribution < 1.29 is 20.1 Å². The Morgan fingerprint density at radius 1 is 1.43 bits per heavy atom. The van der Waals surface area contributed by atoms with E-state index in [9.17, 15) is 10.2 Å². The van der Waals surface area contributed by atoms with Crippen molar-refractivity contribution in [3.05, 3.63) is 17.7 Å². The van der Waals surface area contributed by atoms with Gasteiger partial charge in [-0.2, -0.15) is 5.26 Å². The van der Waals surface area contributed by atoms with E-state index in [1.165, 1.54) is 10.9 Å². The van der Waals surface area contributed by atoms with Gasteiger partial charge in [-0.1, -0.05) is 12.8 Å². The van der Waals surface area contributed by atoms with E-state index in [1.807, 2.05) is 13.0 Å².